The first-order chi connectivity index (χ1) is 12.9. The van der Waals surface area contributed by atoms with E-state index in [1.807, 2.05) is 18.3 Å². The monoisotopic (exact) mass is 369 g/mol. The van der Waals surface area contributed by atoms with Gasteiger partial charge in [-0.1, -0.05) is 51.1 Å². The van der Waals surface area contributed by atoms with Gasteiger partial charge in [-0.15, -0.1) is 0 Å². The van der Waals surface area contributed by atoms with Crippen molar-refractivity contribution in [1.82, 2.24) is 9.97 Å². The Balaban J connectivity index is 1.77. The summed E-state index contributed by atoms with van der Waals surface area (Å²) in [6, 6.07) is 12.4. The predicted octanol–water partition coefficient (Wildman–Crippen LogP) is 4.51. The molecule has 1 saturated heterocycles. The lowest BCUT2D eigenvalue weighted by Gasteiger charge is -2.32. The van der Waals surface area contributed by atoms with Crippen LogP contribution in [0.2, 0.25) is 0 Å². The SMILES string of the molecule is CC(Nc1ccnc(C(C)(C)C)n1)C(OC1CCOCC1)c1ccccc1. The molecule has 5 nitrogen and oxygen atoms in total. The van der Waals surface area contributed by atoms with Gasteiger partial charge >= 0.3 is 0 Å². The van der Waals surface area contributed by atoms with Crippen molar-refractivity contribution in [2.24, 2.45) is 0 Å². The molecule has 146 valence electrons. The second kappa shape index (κ2) is 8.81. The van der Waals surface area contributed by atoms with Gasteiger partial charge in [0.2, 0.25) is 0 Å². The van der Waals surface area contributed by atoms with Crippen molar-refractivity contribution in [2.45, 2.75) is 64.2 Å². The summed E-state index contributed by atoms with van der Waals surface area (Å²) in [6.45, 7) is 10.1. The zero-order valence-corrected chi connectivity index (χ0v) is 16.8. The highest BCUT2D eigenvalue weighted by Crippen LogP contribution is 2.28. The molecule has 5 heteroatoms. The van der Waals surface area contributed by atoms with Crippen molar-refractivity contribution < 1.29 is 9.47 Å². The Bertz CT molecular complexity index is 709. The molecule has 27 heavy (non-hydrogen) atoms. The third kappa shape index (κ3) is 5.50. The third-order valence-corrected chi connectivity index (χ3v) is 4.79. The third-order valence-electron chi connectivity index (χ3n) is 4.79. The van der Waals surface area contributed by atoms with Crippen molar-refractivity contribution >= 4 is 5.82 Å². The molecule has 1 aliphatic rings. The van der Waals surface area contributed by atoms with Gasteiger partial charge in [-0.05, 0) is 31.4 Å². The van der Waals surface area contributed by atoms with E-state index in [9.17, 15) is 0 Å². The molecule has 3 rings (SSSR count). The van der Waals surface area contributed by atoms with Crippen molar-refractivity contribution in [1.29, 1.82) is 0 Å². The molecule has 2 aromatic rings. The number of hydrogen-bond donors (Lipinski definition) is 1. The van der Waals surface area contributed by atoms with E-state index in [2.05, 4.69) is 62.3 Å². The summed E-state index contributed by atoms with van der Waals surface area (Å²) in [5, 5.41) is 3.54. The minimum Gasteiger partial charge on any atom is -0.381 e. The Morgan fingerprint density at radius 3 is 2.48 bits per heavy atom. The second-order valence-corrected chi connectivity index (χ2v) is 8.23. The van der Waals surface area contributed by atoms with Gasteiger partial charge in [0.25, 0.3) is 0 Å². The number of benzene rings is 1. The Labute approximate surface area is 162 Å². The van der Waals surface area contributed by atoms with Crippen LogP contribution in [0.5, 0.6) is 0 Å². The lowest BCUT2D eigenvalue weighted by atomic mass is 9.96. The Morgan fingerprint density at radius 2 is 1.81 bits per heavy atom. The summed E-state index contributed by atoms with van der Waals surface area (Å²) in [4.78, 5) is 9.13. The average Bonchev–Trinajstić information content (AvgIpc) is 2.67. The normalized spacial score (nSPS) is 18.1. The van der Waals surface area contributed by atoms with Gasteiger partial charge < -0.3 is 14.8 Å². The summed E-state index contributed by atoms with van der Waals surface area (Å²) in [5.74, 6) is 1.67. The molecule has 2 unspecified atom stereocenters. The van der Waals surface area contributed by atoms with Crippen LogP contribution in [0, 0.1) is 0 Å². The van der Waals surface area contributed by atoms with Gasteiger partial charge in [0.05, 0.1) is 12.1 Å². The molecule has 1 aromatic heterocycles. The second-order valence-electron chi connectivity index (χ2n) is 8.23. The average molecular weight is 370 g/mol. The lowest BCUT2D eigenvalue weighted by molar-refractivity contribution is -0.0739. The van der Waals surface area contributed by atoms with Crippen molar-refractivity contribution in [2.75, 3.05) is 18.5 Å². The molecule has 2 heterocycles. The van der Waals surface area contributed by atoms with Gasteiger partial charge in [0.1, 0.15) is 17.7 Å². The van der Waals surface area contributed by atoms with Crippen molar-refractivity contribution in [3.8, 4) is 0 Å². The molecular formula is C22H31N3O2. The zero-order valence-electron chi connectivity index (χ0n) is 16.8. The van der Waals surface area contributed by atoms with E-state index >= 15 is 0 Å². The number of nitrogens with one attached hydrogen (secondary N) is 1. The lowest BCUT2D eigenvalue weighted by Crippen LogP contribution is -2.33. The van der Waals surface area contributed by atoms with Crippen LogP contribution in [0.15, 0.2) is 42.6 Å². The van der Waals surface area contributed by atoms with Crippen LogP contribution < -0.4 is 5.32 Å². The molecular weight excluding hydrogens is 338 g/mol. The quantitative estimate of drug-likeness (QED) is 0.812. The van der Waals surface area contributed by atoms with Gasteiger partial charge in [-0.3, -0.25) is 0 Å². The topological polar surface area (TPSA) is 56.3 Å². The fourth-order valence-corrected chi connectivity index (χ4v) is 3.26. The number of ether oxygens (including phenoxy) is 2. The van der Waals surface area contributed by atoms with Crippen LogP contribution in [-0.4, -0.2) is 35.3 Å². The molecule has 2 atom stereocenters. The number of hydrogen-bond acceptors (Lipinski definition) is 5. The molecule has 0 radical (unpaired) electrons. The minimum atomic E-state index is -0.0850. The van der Waals surface area contributed by atoms with E-state index in [0.717, 1.165) is 37.7 Å². The van der Waals surface area contributed by atoms with Crippen molar-refractivity contribution in [3.05, 3.63) is 54.0 Å². The van der Waals surface area contributed by atoms with Crippen LogP contribution in [-0.2, 0) is 14.9 Å². The maximum absolute atomic E-state index is 6.52. The van der Waals surface area contributed by atoms with E-state index < -0.39 is 0 Å². The molecule has 0 aliphatic carbocycles. The van der Waals surface area contributed by atoms with Crippen LogP contribution in [0.25, 0.3) is 0 Å². The smallest absolute Gasteiger partial charge is 0.135 e. The molecule has 0 spiro atoms. The van der Waals surface area contributed by atoms with Gasteiger partial charge in [0, 0.05) is 24.8 Å². The molecule has 1 N–H and O–H groups in total. The van der Waals surface area contributed by atoms with E-state index in [1.165, 1.54) is 5.56 Å². The summed E-state index contributed by atoms with van der Waals surface area (Å²) in [6.07, 6.45) is 3.88. The van der Waals surface area contributed by atoms with Gasteiger partial charge in [0.15, 0.2) is 0 Å². The van der Waals surface area contributed by atoms with E-state index in [-0.39, 0.29) is 23.7 Å². The number of nitrogens with zero attached hydrogens (tertiary/aromatic N) is 2. The molecule has 0 amide bonds. The summed E-state index contributed by atoms with van der Waals surface area (Å²) in [5.41, 5.74) is 1.09. The highest BCUT2D eigenvalue weighted by Gasteiger charge is 2.26. The first-order valence-electron chi connectivity index (χ1n) is 9.81. The highest BCUT2D eigenvalue weighted by molar-refractivity contribution is 5.36. The van der Waals surface area contributed by atoms with Crippen molar-refractivity contribution in [3.63, 3.8) is 0 Å². The maximum atomic E-state index is 6.52. The van der Waals surface area contributed by atoms with Crippen LogP contribution >= 0.6 is 0 Å². The van der Waals surface area contributed by atoms with Gasteiger partial charge in [-0.2, -0.15) is 0 Å². The highest BCUT2D eigenvalue weighted by atomic mass is 16.5. The van der Waals surface area contributed by atoms with E-state index in [0.29, 0.717) is 0 Å². The molecule has 0 saturated carbocycles. The van der Waals surface area contributed by atoms with Crippen LogP contribution in [0.1, 0.15) is 58.0 Å². The number of anilines is 1. The molecule has 1 fully saturated rings. The molecule has 1 aliphatic heterocycles. The number of rotatable bonds is 6. The Kier molecular flexibility index (Phi) is 6.45. The summed E-state index contributed by atoms with van der Waals surface area (Å²) >= 11 is 0. The first kappa shape index (κ1) is 19.8. The van der Waals surface area contributed by atoms with E-state index in [4.69, 9.17) is 14.5 Å². The fourth-order valence-electron chi connectivity index (χ4n) is 3.26. The van der Waals surface area contributed by atoms with Gasteiger partial charge in [-0.25, -0.2) is 9.97 Å². The minimum absolute atomic E-state index is 0.0534. The largest absolute Gasteiger partial charge is 0.381 e. The Hall–Kier alpha value is -1.98. The number of aromatic nitrogens is 2. The Morgan fingerprint density at radius 1 is 1.11 bits per heavy atom. The predicted molar refractivity (Wildman–Crippen MR) is 108 cm³/mol. The molecule has 0 bridgehead atoms. The van der Waals surface area contributed by atoms with Crippen LogP contribution in [0.4, 0.5) is 5.82 Å². The zero-order chi connectivity index (χ0) is 19.3. The van der Waals surface area contributed by atoms with E-state index in [1.54, 1.807) is 0 Å². The summed E-state index contributed by atoms with van der Waals surface area (Å²) in [7, 11) is 0. The van der Waals surface area contributed by atoms with Crippen LogP contribution in [0.3, 0.4) is 0 Å². The molecule has 1 aromatic carbocycles. The fraction of sp³-hybridized carbons (Fsp3) is 0.545. The summed E-state index contributed by atoms with van der Waals surface area (Å²) < 4.78 is 12.0. The standard InChI is InChI=1S/C22H31N3O2/c1-16(24-19-10-13-23-21(25-19)22(2,3)4)20(17-8-6-5-7-9-17)27-18-11-14-26-15-12-18/h5-10,13,16,18,20H,11-12,14-15H2,1-4H3,(H,23,24,25). The maximum Gasteiger partial charge on any atom is 0.135 e. The first-order valence-corrected chi connectivity index (χ1v) is 9.81.